The largest absolute Gasteiger partial charge is 0.495 e. The van der Waals surface area contributed by atoms with Crippen LogP contribution in [0.15, 0.2) is 36.4 Å². The molecule has 0 spiro atoms. The van der Waals surface area contributed by atoms with Gasteiger partial charge in [-0.05, 0) is 42.5 Å². The molecule has 0 saturated carbocycles. The van der Waals surface area contributed by atoms with Crippen LogP contribution >= 0.6 is 23.8 Å². The van der Waals surface area contributed by atoms with Crippen molar-refractivity contribution in [3.05, 3.63) is 76.1 Å². The van der Waals surface area contributed by atoms with E-state index in [-0.39, 0.29) is 10.8 Å². The molecule has 3 aromatic rings. The lowest BCUT2D eigenvalue weighted by Gasteiger charge is -2.15. The first-order chi connectivity index (χ1) is 16.6. The molecule has 0 bridgehead atoms. The Hall–Kier alpha value is -3.64. The van der Waals surface area contributed by atoms with Gasteiger partial charge < -0.3 is 25.4 Å². The Labute approximate surface area is 206 Å². The van der Waals surface area contributed by atoms with E-state index in [0.29, 0.717) is 27.9 Å². The smallest absolute Gasteiger partial charge is 0.261 e. The molecule has 184 valence electrons. The molecule has 0 fully saturated rings. The number of benzene rings is 3. The quantitative estimate of drug-likeness (QED) is 0.154. The molecule has 3 aromatic carbocycles. The lowest BCUT2D eigenvalue weighted by molar-refractivity contribution is 0.101. The van der Waals surface area contributed by atoms with Crippen molar-refractivity contribution < 1.29 is 36.2 Å². The van der Waals surface area contributed by atoms with Crippen LogP contribution < -0.4 is 25.4 Å². The summed E-state index contributed by atoms with van der Waals surface area (Å²) in [5.41, 5.74) is -0.689. The Balaban J connectivity index is 1.70. The third-order valence-electron chi connectivity index (χ3n) is 4.56. The van der Waals surface area contributed by atoms with Gasteiger partial charge >= 0.3 is 0 Å². The van der Waals surface area contributed by atoms with Gasteiger partial charge in [-0.2, -0.15) is 0 Å². The average Bonchev–Trinajstić information content (AvgIpc) is 2.83. The Morgan fingerprint density at radius 1 is 0.771 bits per heavy atom. The molecule has 13 heteroatoms. The Morgan fingerprint density at radius 3 is 1.77 bits per heavy atom. The van der Waals surface area contributed by atoms with Crippen molar-refractivity contribution in [3.63, 3.8) is 0 Å². The fraction of sp³-hybridized carbons (Fsp3) is 0.0909. The van der Waals surface area contributed by atoms with Crippen molar-refractivity contribution in [2.24, 2.45) is 0 Å². The van der Waals surface area contributed by atoms with Crippen molar-refractivity contribution in [2.45, 2.75) is 0 Å². The molecule has 3 rings (SSSR count). The van der Waals surface area contributed by atoms with E-state index < -0.39 is 40.6 Å². The number of hydrogen-bond donors (Lipinski definition) is 3. The third-order valence-corrected chi connectivity index (χ3v) is 5.06. The van der Waals surface area contributed by atoms with E-state index in [9.17, 15) is 26.7 Å². The van der Waals surface area contributed by atoms with Gasteiger partial charge in [0.05, 0.1) is 24.9 Å². The number of carbonyl (C=O) groups excluding carboxylic acids is 1. The average molecular weight is 532 g/mol. The Morgan fingerprint density at radius 2 is 1.26 bits per heavy atom. The molecule has 0 heterocycles. The SMILES string of the molecule is COc1cc(OC)c(NC(=S)Nc2ccc(NC(=O)c3c(F)c(F)c(F)c(F)c3F)cc2)cc1Cl. The van der Waals surface area contributed by atoms with Crippen LogP contribution in [-0.2, 0) is 0 Å². The van der Waals surface area contributed by atoms with Crippen molar-refractivity contribution in [2.75, 3.05) is 30.2 Å². The van der Waals surface area contributed by atoms with Crippen molar-refractivity contribution in [1.29, 1.82) is 0 Å². The zero-order chi connectivity index (χ0) is 25.9. The highest BCUT2D eigenvalue weighted by Crippen LogP contribution is 2.36. The van der Waals surface area contributed by atoms with Crippen molar-refractivity contribution >= 4 is 51.9 Å². The molecule has 0 aromatic heterocycles. The summed E-state index contributed by atoms with van der Waals surface area (Å²) in [6.07, 6.45) is 0. The Bertz CT molecular complexity index is 1280. The van der Waals surface area contributed by atoms with Gasteiger partial charge in [-0.1, -0.05) is 11.6 Å². The van der Waals surface area contributed by atoms with Crippen LogP contribution in [0.3, 0.4) is 0 Å². The van der Waals surface area contributed by atoms with Gasteiger partial charge in [-0.25, -0.2) is 22.0 Å². The maximum Gasteiger partial charge on any atom is 0.261 e. The fourth-order valence-electron chi connectivity index (χ4n) is 2.88. The van der Waals surface area contributed by atoms with E-state index >= 15 is 0 Å². The molecule has 0 atom stereocenters. The second-order valence-electron chi connectivity index (χ2n) is 6.74. The van der Waals surface area contributed by atoms with E-state index in [2.05, 4.69) is 16.0 Å². The number of carbonyl (C=O) groups is 1. The molecule has 0 saturated heterocycles. The van der Waals surface area contributed by atoms with E-state index in [1.165, 1.54) is 38.5 Å². The molecule has 0 radical (unpaired) electrons. The number of thiocarbonyl (C=S) groups is 1. The van der Waals surface area contributed by atoms with E-state index in [1.807, 2.05) is 0 Å². The standard InChI is InChI=1S/C22H15ClF5N3O3S/c1-33-13-8-14(34-2)12(7-11(13)23)31-22(35)30-10-5-3-9(4-6-10)29-21(32)15-16(24)18(26)20(28)19(27)17(15)25/h3-8H,1-2H3,(H,29,32)(H2,30,31,35). The minimum Gasteiger partial charge on any atom is -0.495 e. The lowest BCUT2D eigenvalue weighted by Crippen LogP contribution is -2.20. The first-order valence-corrected chi connectivity index (χ1v) is 10.3. The van der Waals surface area contributed by atoms with Gasteiger partial charge in [-0.3, -0.25) is 4.79 Å². The summed E-state index contributed by atoms with van der Waals surface area (Å²) >= 11 is 11.4. The highest BCUT2D eigenvalue weighted by molar-refractivity contribution is 7.80. The summed E-state index contributed by atoms with van der Waals surface area (Å²) < 4.78 is 77.9. The van der Waals surface area contributed by atoms with Crippen LogP contribution in [0, 0.1) is 29.1 Å². The Kier molecular flexibility index (Phi) is 7.97. The lowest BCUT2D eigenvalue weighted by atomic mass is 10.1. The van der Waals surface area contributed by atoms with Crippen LogP contribution in [0.2, 0.25) is 5.02 Å². The van der Waals surface area contributed by atoms with Gasteiger partial charge in [0.25, 0.3) is 5.91 Å². The number of rotatable bonds is 6. The maximum atomic E-state index is 13.8. The highest BCUT2D eigenvalue weighted by Gasteiger charge is 2.29. The molecule has 35 heavy (non-hydrogen) atoms. The zero-order valence-electron chi connectivity index (χ0n) is 17.9. The summed E-state index contributed by atoms with van der Waals surface area (Å²) in [5, 5.41) is 8.28. The second-order valence-corrected chi connectivity index (χ2v) is 7.56. The molecule has 3 N–H and O–H groups in total. The number of methoxy groups -OCH3 is 2. The van der Waals surface area contributed by atoms with Gasteiger partial charge in [-0.15, -0.1) is 0 Å². The van der Waals surface area contributed by atoms with Crippen LogP contribution in [0.25, 0.3) is 0 Å². The predicted octanol–water partition coefficient (Wildman–Crippen LogP) is 6.11. The number of amides is 1. The number of hydrogen-bond acceptors (Lipinski definition) is 4. The summed E-state index contributed by atoms with van der Waals surface area (Å²) in [5.74, 6) is -12.0. The summed E-state index contributed by atoms with van der Waals surface area (Å²) in [6, 6.07) is 8.64. The van der Waals surface area contributed by atoms with E-state index in [1.54, 1.807) is 12.1 Å². The molecule has 0 unspecified atom stereocenters. The van der Waals surface area contributed by atoms with Crippen LogP contribution in [-0.4, -0.2) is 25.2 Å². The molecule has 0 aliphatic rings. The van der Waals surface area contributed by atoms with E-state index in [0.717, 1.165) is 0 Å². The minimum absolute atomic E-state index is 0.0203. The minimum atomic E-state index is -2.36. The summed E-state index contributed by atoms with van der Waals surface area (Å²) in [7, 11) is 2.90. The summed E-state index contributed by atoms with van der Waals surface area (Å²) in [4.78, 5) is 12.1. The third kappa shape index (κ3) is 5.54. The number of anilines is 3. The summed E-state index contributed by atoms with van der Waals surface area (Å²) in [6.45, 7) is 0. The number of nitrogens with one attached hydrogen (secondary N) is 3. The molecular weight excluding hydrogens is 517 g/mol. The number of halogens is 6. The molecular formula is C22H15ClF5N3O3S. The number of ether oxygens (including phenoxy) is 2. The zero-order valence-corrected chi connectivity index (χ0v) is 19.4. The monoisotopic (exact) mass is 531 g/mol. The normalized spacial score (nSPS) is 10.5. The van der Waals surface area contributed by atoms with Gasteiger partial charge in [0, 0.05) is 17.4 Å². The first-order valence-electron chi connectivity index (χ1n) is 9.49. The second kappa shape index (κ2) is 10.7. The van der Waals surface area contributed by atoms with Crippen molar-refractivity contribution in [3.8, 4) is 11.5 Å². The van der Waals surface area contributed by atoms with Gasteiger partial charge in [0.15, 0.2) is 28.4 Å². The van der Waals surface area contributed by atoms with Crippen LogP contribution in [0.1, 0.15) is 10.4 Å². The van der Waals surface area contributed by atoms with Crippen molar-refractivity contribution in [1.82, 2.24) is 0 Å². The topological polar surface area (TPSA) is 71.6 Å². The van der Waals surface area contributed by atoms with Crippen LogP contribution in [0.4, 0.5) is 39.0 Å². The molecule has 0 aliphatic heterocycles. The molecule has 1 amide bonds. The maximum absolute atomic E-state index is 13.8. The highest BCUT2D eigenvalue weighted by atomic mass is 35.5. The molecule has 0 aliphatic carbocycles. The molecule has 6 nitrogen and oxygen atoms in total. The fourth-order valence-corrected chi connectivity index (χ4v) is 3.35. The first kappa shape index (κ1) is 26.0. The van der Waals surface area contributed by atoms with E-state index in [4.69, 9.17) is 33.3 Å². The van der Waals surface area contributed by atoms with Gasteiger partial charge in [0.2, 0.25) is 5.82 Å². The predicted molar refractivity (Wildman–Crippen MR) is 125 cm³/mol. The van der Waals surface area contributed by atoms with Gasteiger partial charge in [0.1, 0.15) is 17.1 Å². The van der Waals surface area contributed by atoms with Crippen LogP contribution in [0.5, 0.6) is 11.5 Å².